The monoisotopic (exact) mass is 317 g/mol. The van der Waals surface area contributed by atoms with E-state index in [9.17, 15) is 9.59 Å². The number of rotatable bonds is 6. The molecule has 0 spiro atoms. The maximum Gasteiger partial charge on any atom is 0.328 e. The molecular formula is C16H19N3O4. The lowest BCUT2D eigenvalue weighted by Gasteiger charge is -2.14. The summed E-state index contributed by atoms with van der Waals surface area (Å²) in [5, 5.41) is 15.7. The molecular weight excluding hydrogens is 298 g/mol. The summed E-state index contributed by atoms with van der Waals surface area (Å²) >= 11 is 0. The number of aliphatic carboxylic acids is 1. The minimum atomic E-state index is -1.01. The van der Waals surface area contributed by atoms with Gasteiger partial charge in [0.05, 0.1) is 24.9 Å². The van der Waals surface area contributed by atoms with Gasteiger partial charge in [-0.3, -0.25) is 9.48 Å². The molecule has 2 N–H and O–H groups in total. The first-order valence-corrected chi connectivity index (χ1v) is 7.14. The van der Waals surface area contributed by atoms with Crippen LogP contribution in [0.15, 0.2) is 36.7 Å². The quantitative estimate of drug-likeness (QED) is 0.850. The zero-order valence-electron chi connectivity index (χ0n) is 13.2. The topological polar surface area (TPSA) is 93.5 Å². The summed E-state index contributed by atoms with van der Waals surface area (Å²) in [7, 11) is 1.59. The maximum atomic E-state index is 12.2. The Morgan fingerprint density at radius 3 is 2.48 bits per heavy atom. The van der Waals surface area contributed by atoms with Gasteiger partial charge in [0.15, 0.2) is 0 Å². The van der Waals surface area contributed by atoms with Gasteiger partial charge in [-0.1, -0.05) is 12.1 Å². The number of carbonyl (C=O) groups excluding carboxylic acids is 1. The zero-order valence-corrected chi connectivity index (χ0v) is 13.2. The molecule has 1 aromatic heterocycles. The highest BCUT2D eigenvalue weighted by Gasteiger charge is 2.18. The van der Waals surface area contributed by atoms with E-state index in [-0.39, 0.29) is 11.9 Å². The summed E-state index contributed by atoms with van der Waals surface area (Å²) in [5.74, 6) is -0.569. The van der Waals surface area contributed by atoms with Gasteiger partial charge in [-0.2, -0.15) is 5.10 Å². The molecule has 2 rings (SSSR count). The van der Waals surface area contributed by atoms with Crippen molar-refractivity contribution in [1.29, 1.82) is 0 Å². The smallest absolute Gasteiger partial charge is 0.328 e. The lowest BCUT2D eigenvalue weighted by Crippen LogP contribution is -2.26. The number of carboxylic acids is 1. The number of hydrogen-bond acceptors (Lipinski definition) is 4. The first-order chi connectivity index (χ1) is 10.9. The molecule has 0 aliphatic heterocycles. The highest BCUT2D eigenvalue weighted by atomic mass is 16.5. The van der Waals surface area contributed by atoms with E-state index in [4.69, 9.17) is 9.84 Å². The molecule has 23 heavy (non-hydrogen) atoms. The first-order valence-electron chi connectivity index (χ1n) is 7.14. The van der Waals surface area contributed by atoms with E-state index >= 15 is 0 Å². The second-order valence-electron chi connectivity index (χ2n) is 5.19. The van der Waals surface area contributed by atoms with Crippen molar-refractivity contribution in [3.05, 3.63) is 47.8 Å². The van der Waals surface area contributed by atoms with E-state index in [0.717, 1.165) is 11.3 Å². The number of aromatic nitrogens is 2. The number of hydrogen-bond donors (Lipinski definition) is 2. The van der Waals surface area contributed by atoms with Gasteiger partial charge in [0, 0.05) is 6.20 Å². The third-order valence-electron chi connectivity index (χ3n) is 3.58. The maximum absolute atomic E-state index is 12.2. The number of carbonyl (C=O) groups is 2. The van der Waals surface area contributed by atoms with Gasteiger partial charge < -0.3 is 15.2 Å². The molecule has 0 aliphatic carbocycles. The van der Waals surface area contributed by atoms with Crippen molar-refractivity contribution >= 4 is 11.9 Å². The van der Waals surface area contributed by atoms with Crippen molar-refractivity contribution in [1.82, 2.24) is 15.1 Å². The van der Waals surface area contributed by atoms with Crippen molar-refractivity contribution in [3.63, 3.8) is 0 Å². The Kier molecular flexibility index (Phi) is 5.00. The fraction of sp³-hybridized carbons (Fsp3) is 0.312. The molecule has 1 aromatic carbocycles. The third kappa shape index (κ3) is 3.88. The Balaban J connectivity index is 2.04. The molecule has 1 amide bonds. The van der Waals surface area contributed by atoms with Crippen LogP contribution in [0.4, 0.5) is 0 Å². The molecule has 122 valence electrons. The molecule has 7 nitrogen and oxygen atoms in total. The Morgan fingerprint density at radius 1 is 1.26 bits per heavy atom. The van der Waals surface area contributed by atoms with Gasteiger partial charge >= 0.3 is 5.97 Å². The van der Waals surface area contributed by atoms with Gasteiger partial charge in [-0.05, 0) is 31.5 Å². The van der Waals surface area contributed by atoms with E-state index < -0.39 is 12.0 Å². The summed E-state index contributed by atoms with van der Waals surface area (Å²) in [4.78, 5) is 23.1. The second-order valence-corrected chi connectivity index (χ2v) is 5.19. The van der Waals surface area contributed by atoms with E-state index in [0.29, 0.717) is 5.56 Å². The van der Waals surface area contributed by atoms with E-state index in [2.05, 4.69) is 10.4 Å². The summed E-state index contributed by atoms with van der Waals surface area (Å²) in [5.41, 5.74) is 1.25. The second kappa shape index (κ2) is 6.95. The fourth-order valence-electron chi connectivity index (χ4n) is 2.04. The minimum absolute atomic E-state index is 0.200. The lowest BCUT2D eigenvalue weighted by atomic mass is 10.1. The molecule has 0 saturated carbocycles. The lowest BCUT2D eigenvalue weighted by molar-refractivity contribution is -0.140. The largest absolute Gasteiger partial charge is 0.497 e. The van der Waals surface area contributed by atoms with Crippen LogP contribution in [0, 0.1) is 0 Å². The van der Waals surface area contributed by atoms with Crippen LogP contribution in [0.5, 0.6) is 5.75 Å². The zero-order chi connectivity index (χ0) is 17.0. The Labute approximate surface area is 133 Å². The van der Waals surface area contributed by atoms with E-state index in [1.54, 1.807) is 7.11 Å². The van der Waals surface area contributed by atoms with Crippen molar-refractivity contribution < 1.29 is 19.4 Å². The number of methoxy groups -OCH3 is 1. The summed E-state index contributed by atoms with van der Waals surface area (Å²) in [6, 6.07) is 6.37. The van der Waals surface area contributed by atoms with Gasteiger partial charge in [-0.25, -0.2) is 4.79 Å². The highest BCUT2D eigenvalue weighted by Crippen LogP contribution is 2.18. The molecule has 2 aromatic rings. The van der Waals surface area contributed by atoms with Crippen LogP contribution < -0.4 is 10.1 Å². The average molecular weight is 317 g/mol. The van der Waals surface area contributed by atoms with Crippen molar-refractivity contribution in [2.45, 2.75) is 25.9 Å². The molecule has 0 saturated heterocycles. The Morgan fingerprint density at radius 2 is 1.91 bits per heavy atom. The van der Waals surface area contributed by atoms with Gasteiger partial charge in [-0.15, -0.1) is 0 Å². The Hall–Kier alpha value is -2.83. The number of nitrogens with one attached hydrogen (secondary N) is 1. The summed E-state index contributed by atoms with van der Waals surface area (Å²) in [6.45, 7) is 3.36. The van der Waals surface area contributed by atoms with Crippen LogP contribution >= 0.6 is 0 Å². The van der Waals surface area contributed by atoms with Crippen LogP contribution in [0.2, 0.25) is 0 Å². The van der Waals surface area contributed by atoms with Crippen LogP contribution in [0.3, 0.4) is 0 Å². The minimum Gasteiger partial charge on any atom is -0.497 e. The molecule has 0 radical (unpaired) electrons. The molecule has 1 heterocycles. The van der Waals surface area contributed by atoms with Crippen molar-refractivity contribution in [2.75, 3.05) is 7.11 Å². The van der Waals surface area contributed by atoms with Crippen LogP contribution in [-0.2, 0) is 4.79 Å². The number of amides is 1. The normalized spacial score (nSPS) is 13.2. The number of nitrogens with zero attached hydrogens (tertiary/aromatic N) is 2. The number of ether oxygens (including phenoxy) is 1. The first kappa shape index (κ1) is 16.5. The van der Waals surface area contributed by atoms with Gasteiger partial charge in [0.25, 0.3) is 5.91 Å². The van der Waals surface area contributed by atoms with Crippen LogP contribution in [0.1, 0.15) is 41.9 Å². The standard InChI is InChI=1S/C16H19N3O4/c1-10(12-4-6-14(23-3)7-5-12)18-15(20)13-8-17-19(9-13)11(2)16(21)22/h4-11H,1-3H3,(H,18,20)(H,21,22). The SMILES string of the molecule is COc1ccc(C(C)NC(=O)c2cnn(C(C)C(=O)O)c2)cc1. The third-order valence-corrected chi connectivity index (χ3v) is 3.58. The molecule has 2 atom stereocenters. The van der Waals surface area contributed by atoms with Crippen molar-refractivity contribution in [3.8, 4) is 5.75 Å². The van der Waals surface area contributed by atoms with Crippen LogP contribution in [-0.4, -0.2) is 33.9 Å². The predicted octanol–water partition coefficient (Wildman–Crippen LogP) is 2.03. The highest BCUT2D eigenvalue weighted by molar-refractivity contribution is 5.94. The molecule has 7 heteroatoms. The van der Waals surface area contributed by atoms with E-state index in [1.165, 1.54) is 24.0 Å². The summed E-state index contributed by atoms with van der Waals surface area (Å²) < 4.78 is 6.34. The van der Waals surface area contributed by atoms with E-state index in [1.807, 2.05) is 31.2 Å². The Bertz CT molecular complexity index is 694. The molecule has 0 fully saturated rings. The van der Waals surface area contributed by atoms with Gasteiger partial charge in [0.1, 0.15) is 11.8 Å². The predicted molar refractivity (Wildman–Crippen MR) is 83.4 cm³/mol. The van der Waals surface area contributed by atoms with Crippen LogP contribution in [0.25, 0.3) is 0 Å². The molecule has 0 bridgehead atoms. The fourth-order valence-corrected chi connectivity index (χ4v) is 2.04. The molecule has 0 aliphatic rings. The summed E-state index contributed by atoms with van der Waals surface area (Å²) in [6.07, 6.45) is 2.78. The molecule has 2 unspecified atom stereocenters. The average Bonchev–Trinajstić information content (AvgIpc) is 3.04. The number of benzene rings is 1. The number of carboxylic acid groups (broad SMARTS) is 1. The van der Waals surface area contributed by atoms with Crippen molar-refractivity contribution in [2.24, 2.45) is 0 Å². The van der Waals surface area contributed by atoms with Gasteiger partial charge in [0.2, 0.25) is 0 Å².